The van der Waals surface area contributed by atoms with Crippen molar-refractivity contribution in [2.45, 2.75) is 12.5 Å². The fourth-order valence-electron chi connectivity index (χ4n) is 2.10. The SMILES string of the molecule is CN(CCOc1ccccc1Cl)C(=O)CC1COCCN1.Cl. The molecule has 5 nitrogen and oxygen atoms in total. The first-order valence-electron chi connectivity index (χ1n) is 7.09. The van der Waals surface area contributed by atoms with Crippen LogP contribution in [-0.4, -0.2) is 56.8 Å². The highest BCUT2D eigenvalue weighted by atomic mass is 35.5. The molecule has 1 aromatic rings. The minimum atomic E-state index is 0. The van der Waals surface area contributed by atoms with Crippen LogP contribution in [0.15, 0.2) is 24.3 Å². The third kappa shape index (κ3) is 6.01. The predicted octanol–water partition coefficient (Wildman–Crippen LogP) is 1.98. The summed E-state index contributed by atoms with van der Waals surface area (Å²) in [7, 11) is 1.78. The van der Waals surface area contributed by atoms with Crippen molar-refractivity contribution in [3.8, 4) is 5.75 Å². The number of carbonyl (C=O) groups excluding carboxylic acids is 1. The Labute approximate surface area is 142 Å². The molecule has 1 N–H and O–H groups in total. The van der Waals surface area contributed by atoms with Gasteiger partial charge in [0.1, 0.15) is 12.4 Å². The van der Waals surface area contributed by atoms with Crippen molar-refractivity contribution in [1.82, 2.24) is 10.2 Å². The summed E-state index contributed by atoms with van der Waals surface area (Å²) in [5.41, 5.74) is 0. The molecule has 1 heterocycles. The van der Waals surface area contributed by atoms with Gasteiger partial charge in [0.15, 0.2) is 0 Å². The smallest absolute Gasteiger partial charge is 0.224 e. The number of hydrogen-bond donors (Lipinski definition) is 1. The number of halogens is 2. The van der Waals surface area contributed by atoms with Crippen LogP contribution in [0.3, 0.4) is 0 Å². The molecule has 7 heteroatoms. The van der Waals surface area contributed by atoms with Crippen LogP contribution < -0.4 is 10.1 Å². The third-order valence-corrected chi connectivity index (χ3v) is 3.68. The summed E-state index contributed by atoms with van der Waals surface area (Å²) in [6.45, 7) is 3.05. The number of benzene rings is 1. The molecule has 1 atom stereocenters. The van der Waals surface area contributed by atoms with Crippen LogP contribution in [0.5, 0.6) is 5.75 Å². The minimum absolute atomic E-state index is 0. The first-order chi connectivity index (χ1) is 10.2. The van der Waals surface area contributed by atoms with Crippen molar-refractivity contribution in [2.75, 3.05) is 40.0 Å². The molecule has 0 bridgehead atoms. The molecule has 0 radical (unpaired) electrons. The Kier molecular flexibility index (Phi) is 8.56. The van der Waals surface area contributed by atoms with Gasteiger partial charge in [-0.25, -0.2) is 0 Å². The second kappa shape index (κ2) is 9.90. The number of carbonyl (C=O) groups is 1. The van der Waals surface area contributed by atoms with Crippen LogP contribution in [0.4, 0.5) is 0 Å². The Bertz CT molecular complexity index is 468. The highest BCUT2D eigenvalue weighted by Gasteiger charge is 2.19. The van der Waals surface area contributed by atoms with Gasteiger partial charge in [-0.2, -0.15) is 0 Å². The van der Waals surface area contributed by atoms with Crippen LogP contribution in [0.25, 0.3) is 0 Å². The molecular formula is C15H22Cl2N2O3. The molecule has 0 aliphatic carbocycles. The summed E-state index contributed by atoms with van der Waals surface area (Å²) < 4.78 is 10.9. The largest absolute Gasteiger partial charge is 0.490 e. The lowest BCUT2D eigenvalue weighted by Gasteiger charge is -2.25. The number of nitrogens with one attached hydrogen (secondary N) is 1. The van der Waals surface area contributed by atoms with Crippen LogP contribution in [-0.2, 0) is 9.53 Å². The first-order valence-corrected chi connectivity index (χ1v) is 7.47. The quantitative estimate of drug-likeness (QED) is 0.853. The van der Waals surface area contributed by atoms with Crippen LogP contribution in [0, 0.1) is 0 Å². The molecule has 1 aliphatic rings. The number of rotatable bonds is 6. The van der Waals surface area contributed by atoms with E-state index < -0.39 is 0 Å². The van der Waals surface area contributed by atoms with Gasteiger partial charge in [-0.1, -0.05) is 23.7 Å². The van der Waals surface area contributed by atoms with E-state index in [-0.39, 0.29) is 24.4 Å². The zero-order valence-electron chi connectivity index (χ0n) is 12.6. The molecule has 0 aromatic heterocycles. The molecule has 1 fully saturated rings. The second-order valence-electron chi connectivity index (χ2n) is 5.02. The van der Waals surface area contributed by atoms with E-state index in [1.54, 1.807) is 18.0 Å². The van der Waals surface area contributed by atoms with Gasteiger partial charge in [0.25, 0.3) is 0 Å². The summed E-state index contributed by atoms with van der Waals surface area (Å²) in [5, 5.41) is 3.85. The molecule has 0 saturated carbocycles. The molecule has 1 amide bonds. The average molecular weight is 349 g/mol. The molecular weight excluding hydrogens is 327 g/mol. The Morgan fingerprint density at radius 3 is 2.95 bits per heavy atom. The van der Waals surface area contributed by atoms with E-state index in [1.807, 2.05) is 18.2 Å². The maximum absolute atomic E-state index is 12.1. The summed E-state index contributed by atoms with van der Waals surface area (Å²) in [6.07, 6.45) is 0.447. The lowest BCUT2D eigenvalue weighted by Crippen LogP contribution is -2.45. The second-order valence-corrected chi connectivity index (χ2v) is 5.43. The molecule has 22 heavy (non-hydrogen) atoms. The fourth-order valence-corrected chi connectivity index (χ4v) is 2.29. The van der Waals surface area contributed by atoms with E-state index in [2.05, 4.69) is 5.32 Å². The van der Waals surface area contributed by atoms with Crippen molar-refractivity contribution in [3.63, 3.8) is 0 Å². The van der Waals surface area contributed by atoms with Crippen molar-refractivity contribution < 1.29 is 14.3 Å². The number of hydrogen-bond acceptors (Lipinski definition) is 4. The fraction of sp³-hybridized carbons (Fsp3) is 0.533. The van der Waals surface area contributed by atoms with Gasteiger partial charge in [0, 0.05) is 26.1 Å². The van der Waals surface area contributed by atoms with E-state index in [0.29, 0.717) is 43.6 Å². The van der Waals surface area contributed by atoms with E-state index in [0.717, 1.165) is 6.54 Å². The normalized spacial score (nSPS) is 17.5. The zero-order valence-corrected chi connectivity index (χ0v) is 14.2. The van der Waals surface area contributed by atoms with Gasteiger partial charge in [-0.3, -0.25) is 4.79 Å². The first kappa shape index (κ1) is 19.0. The maximum atomic E-state index is 12.1. The van der Waals surface area contributed by atoms with E-state index >= 15 is 0 Å². The number of nitrogens with zero attached hydrogens (tertiary/aromatic N) is 1. The van der Waals surface area contributed by atoms with Crippen molar-refractivity contribution >= 4 is 29.9 Å². The summed E-state index contributed by atoms with van der Waals surface area (Å²) >= 11 is 6.00. The topological polar surface area (TPSA) is 50.8 Å². The molecule has 2 rings (SSSR count). The Balaban J connectivity index is 0.00000242. The zero-order chi connectivity index (χ0) is 15.1. The molecule has 1 aliphatic heterocycles. The molecule has 0 spiro atoms. The van der Waals surface area contributed by atoms with E-state index in [1.165, 1.54) is 0 Å². The lowest BCUT2D eigenvalue weighted by molar-refractivity contribution is -0.131. The number of amides is 1. The van der Waals surface area contributed by atoms with Gasteiger partial charge >= 0.3 is 0 Å². The highest BCUT2D eigenvalue weighted by Crippen LogP contribution is 2.22. The van der Waals surface area contributed by atoms with Gasteiger partial charge < -0.3 is 19.7 Å². The number of likely N-dealkylation sites (N-methyl/N-ethyl adjacent to an activating group) is 1. The van der Waals surface area contributed by atoms with E-state index in [9.17, 15) is 4.79 Å². The van der Waals surface area contributed by atoms with Crippen molar-refractivity contribution in [2.24, 2.45) is 0 Å². The number of morpholine rings is 1. The van der Waals surface area contributed by atoms with Crippen molar-refractivity contribution in [1.29, 1.82) is 0 Å². The lowest BCUT2D eigenvalue weighted by atomic mass is 10.2. The van der Waals surface area contributed by atoms with Crippen LogP contribution in [0.2, 0.25) is 5.02 Å². The number of ether oxygens (including phenoxy) is 2. The third-order valence-electron chi connectivity index (χ3n) is 3.37. The van der Waals surface area contributed by atoms with Gasteiger partial charge in [-0.05, 0) is 12.1 Å². The van der Waals surface area contributed by atoms with Crippen LogP contribution >= 0.6 is 24.0 Å². The highest BCUT2D eigenvalue weighted by molar-refractivity contribution is 6.32. The monoisotopic (exact) mass is 348 g/mol. The standard InChI is InChI=1S/C15H21ClN2O3.ClH/c1-18(15(19)10-12-11-20-8-6-17-12)7-9-21-14-5-3-2-4-13(14)16;/h2-5,12,17H,6-11H2,1H3;1H. The Morgan fingerprint density at radius 2 is 2.27 bits per heavy atom. The predicted molar refractivity (Wildman–Crippen MR) is 89.1 cm³/mol. The maximum Gasteiger partial charge on any atom is 0.224 e. The molecule has 1 aromatic carbocycles. The van der Waals surface area contributed by atoms with Crippen LogP contribution in [0.1, 0.15) is 6.42 Å². The van der Waals surface area contributed by atoms with Gasteiger partial charge in [0.05, 0.1) is 24.8 Å². The Morgan fingerprint density at radius 1 is 1.50 bits per heavy atom. The van der Waals surface area contributed by atoms with Gasteiger partial charge in [-0.15, -0.1) is 12.4 Å². The van der Waals surface area contributed by atoms with Gasteiger partial charge in [0.2, 0.25) is 5.91 Å². The molecule has 124 valence electrons. The summed E-state index contributed by atoms with van der Waals surface area (Å²) in [6, 6.07) is 7.42. The summed E-state index contributed by atoms with van der Waals surface area (Å²) in [5.74, 6) is 0.725. The number of para-hydroxylation sites is 1. The average Bonchev–Trinajstić information content (AvgIpc) is 2.50. The van der Waals surface area contributed by atoms with Crippen molar-refractivity contribution in [3.05, 3.63) is 29.3 Å². The van der Waals surface area contributed by atoms with E-state index in [4.69, 9.17) is 21.1 Å². The molecule has 1 unspecified atom stereocenters. The minimum Gasteiger partial charge on any atom is -0.490 e. The summed E-state index contributed by atoms with van der Waals surface area (Å²) in [4.78, 5) is 13.7. The Hall–Kier alpha value is -1.01. The molecule has 1 saturated heterocycles.